The van der Waals surface area contributed by atoms with Gasteiger partial charge in [0.2, 0.25) is 0 Å². The van der Waals surface area contributed by atoms with Gasteiger partial charge in [-0.25, -0.2) is 0 Å². The number of ketones is 3. The first-order valence-electron chi connectivity index (χ1n) is 15.8. The minimum Gasteiger partial charge on any atom is -0.298 e. The van der Waals surface area contributed by atoms with Crippen LogP contribution in [0.1, 0.15) is 111 Å². The van der Waals surface area contributed by atoms with Crippen molar-refractivity contribution in [1.82, 2.24) is 14.7 Å². The molecule has 0 aromatic carbocycles. The normalized spacial score (nSPS) is 40.7. The first-order valence-corrected chi connectivity index (χ1v) is 15.8. The first kappa shape index (κ1) is 29.9. The summed E-state index contributed by atoms with van der Waals surface area (Å²) >= 11 is 0. The van der Waals surface area contributed by atoms with Gasteiger partial charge < -0.3 is 0 Å². The number of rotatable bonds is 3. The summed E-state index contributed by atoms with van der Waals surface area (Å²) in [5.74, 6) is 3.52. The molecule has 6 rings (SSSR count). The minimum absolute atomic E-state index is 0.230. The Morgan fingerprint density at radius 1 is 0.447 bits per heavy atom. The summed E-state index contributed by atoms with van der Waals surface area (Å²) in [6, 6.07) is 2.84. The topological polar surface area (TPSA) is 60.9 Å². The van der Waals surface area contributed by atoms with Crippen molar-refractivity contribution in [3.63, 3.8) is 0 Å². The number of carbonyl (C=O) groups excluding carboxylic acids is 3. The van der Waals surface area contributed by atoms with E-state index in [4.69, 9.17) is 0 Å². The Labute approximate surface area is 232 Å². The molecule has 0 N–H and O–H groups in total. The number of likely N-dealkylation sites (N-methyl/N-ethyl adjacent to an activating group) is 3. The van der Waals surface area contributed by atoms with Gasteiger partial charge >= 0.3 is 0 Å². The molecule has 0 aromatic heterocycles. The molecular formula is C32H55N3O3. The Balaban J connectivity index is 0.000000133. The van der Waals surface area contributed by atoms with E-state index in [1.54, 1.807) is 20.8 Å². The molecule has 3 aliphatic heterocycles. The predicted octanol–water partition coefficient (Wildman–Crippen LogP) is 5.12. The molecule has 6 aliphatic rings. The van der Waals surface area contributed by atoms with Crippen LogP contribution >= 0.6 is 0 Å². The lowest BCUT2D eigenvalue weighted by Gasteiger charge is -2.30. The van der Waals surface area contributed by atoms with E-state index in [1.165, 1.54) is 70.6 Å². The largest absolute Gasteiger partial charge is 0.298 e. The molecule has 0 radical (unpaired) electrons. The highest BCUT2D eigenvalue weighted by Gasteiger charge is 2.44. The average molecular weight is 530 g/mol. The molecule has 0 bridgehead atoms. The van der Waals surface area contributed by atoms with Crippen molar-refractivity contribution in [2.75, 3.05) is 21.1 Å². The highest BCUT2D eigenvalue weighted by atomic mass is 16.1. The number of likely N-dealkylation sites (tertiary alicyclic amines) is 3. The van der Waals surface area contributed by atoms with E-state index in [0.29, 0.717) is 29.4 Å². The third-order valence-corrected chi connectivity index (χ3v) is 11.4. The van der Waals surface area contributed by atoms with Crippen LogP contribution in [0, 0.1) is 17.8 Å². The molecule has 3 aliphatic carbocycles. The van der Waals surface area contributed by atoms with Crippen LogP contribution in [0.5, 0.6) is 0 Å². The van der Waals surface area contributed by atoms with Gasteiger partial charge in [0.15, 0.2) is 0 Å². The Bertz CT molecular complexity index is 800. The van der Waals surface area contributed by atoms with Crippen molar-refractivity contribution in [3.05, 3.63) is 0 Å². The summed E-state index contributed by atoms with van der Waals surface area (Å²) in [7, 11) is 6.37. The zero-order valence-electron chi connectivity index (χ0n) is 25.2. The van der Waals surface area contributed by atoms with Gasteiger partial charge in [-0.05, 0) is 117 Å². The minimum atomic E-state index is 0.230. The molecule has 3 saturated heterocycles. The number of nitrogens with zero attached hydrogens (tertiary/aromatic N) is 3. The molecule has 0 aromatic rings. The molecule has 216 valence electrons. The maximum atomic E-state index is 11.4. The molecule has 3 saturated carbocycles. The van der Waals surface area contributed by atoms with Crippen LogP contribution in [0.25, 0.3) is 0 Å². The van der Waals surface area contributed by atoms with Gasteiger partial charge in [0.25, 0.3) is 0 Å². The summed E-state index contributed by atoms with van der Waals surface area (Å²) < 4.78 is 0. The fourth-order valence-electron chi connectivity index (χ4n) is 9.24. The zero-order chi connectivity index (χ0) is 27.6. The predicted molar refractivity (Wildman–Crippen MR) is 153 cm³/mol. The van der Waals surface area contributed by atoms with Crippen LogP contribution in [-0.2, 0) is 14.4 Å². The SMILES string of the molecule is CC(=O)[C@@H]1C[C@@H]2CCCC[C@@H]2N1C.CC(=O)[C@@H]1C[C@@H]2CCC[C@@H]2N1C.CC(=O)[C@@H]1C[C@H]2CCCC[C@@H]2N1C. The van der Waals surface area contributed by atoms with Crippen molar-refractivity contribution < 1.29 is 14.4 Å². The molecular weight excluding hydrogens is 474 g/mol. The lowest BCUT2D eigenvalue weighted by atomic mass is 9.84. The summed E-state index contributed by atoms with van der Waals surface area (Å²) in [6.07, 6.45) is 18.2. The highest BCUT2D eigenvalue weighted by molar-refractivity contribution is 5.82. The first-order chi connectivity index (χ1) is 18.1. The molecule has 0 unspecified atom stereocenters. The summed E-state index contributed by atoms with van der Waals surface area (Å²) in [6.45, 7) is 5.19. The third kappa shape index (κ3) is 6.44. The van der Waals surface area contributed by atoms with Crippen LogP contribution in [0.15, 0.2) is 0 Å². The molecule has 6 heteroatoms. The van der Waals surface area contributed by atoms with Crippen molar-refractivity contribution in [1.29, 1.82) is 0 Å². The van der Waals surface area contributed by atoms with Crippen LogP contribution in [-0.4, -0.2) is 89.4 Å². The number of fused-ring (bicyclic) bond motifs is 3. The van der Waals surface area contributed by atoms with Crippen molar-refractivity contribution >= 4 is 17.3 Å². The van der Waals surface area contributed by atoms with E-state index in [-0.39, 0.29) is 18.1 Å². The van der Waals surface area contributed by atoms with Crippen LogP contribution in [0.3, 0.4) is 0 Å². The van der Waals surface area contributed by atoms with Crippen LogP contribution in [0.2, 0.25) is 0 Å². The standard InChI is InChI=1S/2C11H19NO.C10H17NO/c2*1-8(13)11-7-9-5-3-4-6-10(9)12(11)2;1-7(12)10-6-8-4-3-5-9(8)11(10)2/h2*9-11H,3-7H2,1-2H3;8-10H,3-6H2,1-2H3/t9-,10+,11+;9-,10-,11-;8-,9-,10-/m100/s1. The van der Waals surface area contributed by atoms with Gasteiger partial charge in [-0.3, -0.25) is 29.1 Å². The van der Waals surface area contributed by atoms with E-state index < -0.39 is 0 Å². The van der Waals surface area contributed by atoms with Gasteiger partial charge in [-0.2, -0.15) is 0 Å². The Morgan fingerprint density at radius 2 is 0.711 bits per heavy atom. The Hall–Kier alpha value is -1.11. The van der Waals surface area contributed by atoms with Crippen molar-refractivity contribution in [2.45, 2.75) is 147 Å². The lowest BCUT2D eigenvalue weighted by Crippen LogP contribution is -2.38. The maximum Gasteiger partial charge on any atom is 0.146 e. The molecule has 6 fully saturated rings. The molecule has 0 spiro atoms. The highest BCUT2D eigenvalue weighted by Crippen LogP contribution is 2.41. The number of carbonyl (C=O) groups is 3. The Morgan fingerprint density at radius 3 is 1.00 bits per heavy atom. The monoisotopic (exact) mass is 529 g/mol. The number of hydrogen-bond acceptors (Lipinski definition) is 6. The Kier molecular flexibility index (Phi) is 10.2. The van der Waals surface area contributed by atoms with Crippen molar-refractivity contribution in [2.24, 2.45) is 17.8 Å². The fraction of sp³-hybridized carbons (Fsp3) is 0.906. The summed E-state index contributed by atoms with van der Waals surface area (Å²) in [5, 5.41) is 0. The van der Waals surface area contributed by atoms with Crippen molar-refractivity contribution in [3.8, 4) is 0 Å². The summed E-state index contributed by atoms with van der Waals surface area (Å²) in [4.78, 5) is 40.9. The third-order valence-electron chi connectivity index (χ3n) is 11.4. The smallest absolute Gasteiger partial charge is 0.146 e. The second kappa shape index (κ2) is 13.0. The quantitative estimate of drug-likeness (QED) is 0.505. The second-order valence-electron chi connectivity index (χ2n) is 13.6. The van der Waals surface area contributed by atoms with Gasteiger partial charge in [0.1, 0.15) is 17.3 Å². The van der Waals surface area contributed by atoms with Gasteiger partial charge in [-0.15, -0.1) is 0 Å². The van der Waals surface area contributed by atoms with Gasteiger partial charge in [0.05, 0.1) is 18.1 Å². The maximum absolute atomic E-state index is 11.4. The number of Topliss-reactive ketones (excluding diaryl/α,β-unsaturated/α-hetero) is 3. The summed E-state index contributed by atoms with van der Waals surface area (Å²) in [5.41, 5.74) is 0. The lowest BCUT2D eigenvalue weighted by molar-refractivity contribution is -0.122. The molecule has 0 amide bonds. The zero-order valence-corrected chi connectivity index (χ0v) is 25.2. The van der Waals surface area contributed by atoms with Crippen LogP contribution in [0.4, 0.5) is 0 Å². The van der Waals surface area contributed by atoms with E-state index in [2.05, 4.69) is 35.8 Å². The number of hydrogen-bond donors (Lipinski definition) is 0. The van der Waals surface area contributed by atoms with Gasteiger partial charge in [-0.1, -0.05) is 32.1 Å². The fourth-order valence-corrected chi connectivity index (χ4v) is 9.24. The van der Waals surface area contributed by atoms with E-state index >= 15 is 0 Å². The van der Waals surface area contributed by atoms with Crippen LogP contribution < -0.4 is 0 Å². The molecule has 38 heavy (non-hydrogen) atoms. The van der Waals surface area contributed by atoms with Gasteiger partial charge in [0, 0.05) is 18.1 Å². The second-order valence-corrected chi connectivity index (χ2v) is 13.6. The van der Waals surface area contributed by atoms with E-state index in [0.717, 1.165) is 43.1 Å². The van der Waals surface area contributed by atoms with E-state index in [1.807, 2.05) is 0 Å². The van der Waals surface area contributed by atoms with E-state index in [9.17, 15) is 14.4 Å². The molecule has 6 nitrogen and oxygen atoms in total. The molecule has 9 atom stereocenters. The molecule has 3 heterocycles. The average Bonchev–Trinajstić information content (AvgIpc) is 3.64.